The van der Waals surface area contributed by atoms with E-state index in [-0.39, 0.29) is 28.8 Å². The molecule has 158 valence electrons. The predicted octanol–water partition coefficient (Wildman–Crippen LogP) is 2.80. The highest BCUT2D eigenvalue weighted by Gasteiger charge is 2.22. The topological polar surface area (TPSA) is 76.3 Å². The van der Waals surface area contributed by atoms with Gasteiger partial charge in [0.25, 0.3) is 5.56 Å². The zero-order valence-electron chi connectivity index (χ0n) is 17.8. The number of nitrogens with zero attached hydrogens (tertiary/aromatic N) is 3. The first kappa shape index (κ1) is 22.8. The second kappa shape index (κ2) is 10.3. The maximum atomic E-state index is 12.9. The van der Waals surface area contributed by atoms with Crippen molar-refractivity contribution < 1.29 is 9.59 Å². The lowest BCUT2D eigenvalue weighted by atomic mass is 10.3. The van der Waals surface area contributed by atoms with Crippen LogP contribution >= 0.6 is 11.8 Å². The Morgan fingerprint density at radius 3 is 2.52 bits per heavy atom. The van der Waals surface area contributed by atoms with E-state index in [0.29, 0.717) is 5.69 Å². The smallest absolute Gasteiger partial charge is 0.295 e. The van der Waals surface area contributed by atoms with Crippen molar-refractivity contribution in [2.24, 2.45) is 7.05 Å². The Labute approximate surface area is 176 Å². The van der Waals surface area contributed by atoms with E-state index in [1.54, 1.807) is 37.5 Å². The Morgan fingerprint density at radius 1 is 1.24 bits per heavy atom. The lowest BCUT2D eigenvalue weighted by molar-refractivity contribution is -0.127. The van der Waals surface area contributed by atoms with Crippen molar-refractivity contribution >= 4 is 29.3 Å². The van der Waals surface area contributed by atoms with Gasteiger partial charge in [0.15, 0.2) is 0 Å². The molecule has 2 aromatic rings. The van der Waals surface area contributed by atoms with E-state index in [1.807, 2.05) is 30.3 Å². The van der Waals surface area contributed by atoms with Gasteiger partial charge in [0.05, 0.1) is 22.4 Å². The molecule has 0 saturated carbocycles. The van der Waals surface area contributed by atoms with Crippen LogP contribution < -0.4 is 10.9 Å². The Hall–Kier alpha value is -2.48. The first-order chi connectivity index (χ1) is 13.8. The van der Waals surface area contributed by atoms with E-state index in [9.17, 15) is 14.4 Å². The van der Waals surface area contributed by atoms with Crippen molar-refractivity contribution in [1.29, 1.82) is 0 Å². The number of para-hydroxylation sites is 1. The molecule has 29 heavy (non-hydrogen) atoms. The average molecular weight is 419 g/mol. The summed E-state index contributed by atoms with van der Waals surface area (Å²) < 4.78 is 3.24. The summed E-state index contributed by atoms with van der Waals surface area (Å²) in [4.78, 5) is 39.4. The van der Waals surface area contributed by atoms with Crippen molar-refractivity contribution in [3.63, 3.8) is 0 Å². The maximum absolute atomic E-state index is 12.9. The summed E-state index contributed by atoms with van der Waals surface area (Å²) in [6.07, 6.45) is 1.99. The highest BCUT2D eigenvalue weighted by molar-refractivity contribution is 8.01. The fourth-order valence-corrected chi connectivity index (χ4v) is 3.66. The number of carbonyl (C=O) groups is 2. The Balaban J connectivity index is 2.05. The molecule has 2 rings (SSSR count). The van der Waals surface area contributed by atoms with E-state index >= 15 is 0 Å². The number of thioether (sulfide) groups is 1. The predicted molar refractivity (Wildman–Crippen MR) is 119 cm³/mol. The second-order valence-corrected chi connectivity index (χ2v) is 8.38. The van der Waals surface area contributed by atoms with Gasteiger partial charge in [-0.1, -0.05) is 31.5 Å². The number of rotatable bonds is 9. The normalized spacial score (nSPS) is 11.9. The van der Waals surface area contributed by atoms with Crippen LogP contribution in [0.3, 0.4) is 0 Å². The third-order valence-electron chi connectivity index (χ3n) is 4.90. The molecule has 0 aliphatic carbocycles. The van der Waals surface area contributed by atoms with Gasteiger partial charge in [-0.3, -0.25) is 19.1 Å². The van der Waals surface area contributed by atoms with Gasteiger partial charge in [0, 0.05) is 20.6 Å². The number of unbranched alkanes of at least 4 members (excludes halogenated alkanes) is 1. The monoisotopic (exact) mass is 418 g/mol. The molecule has 1 N–H and O–H groups in total. The molecular weight excluding hydrogens is 388 g/mol. The molecular formula is C21H30N4O3S. The van der Waals surface area contributed by atoms with Crippen LogP contribution in [0.2, 0.25) is 0 Å². The number of carbonyl (C=O) groups excluding carboxylic acids is 2. The number of benzene rings is 1. The summed E-state index contributed by atoms with van der Waals surface area (Å²) in [6, 6.07) is 9.27. The van der Waals surface area contributed by atoms with Crippen LogP contribution in [-0.4, -0.2) is 50.7 Å². The van der Waals surface area contributed by atoms with Gasteiger partial charge in [0.1, 0.15) is 5.69 Å². The highest BCUT2D eigenvalue weighted by Crippen LogP contribution is 2.17. The van der Waals surface area contributed by atoms with Gasteiger partial charge < -0.3 is 10.2 Å². The summed E-state index contributed by atoms with van der Waals surface area (Å²) in [5.74, 6) is -0.0490. The molecule has 0 aliphatic heterocycles. The zero-order valence-corrected chi connectivity index (χ0v) is 18.6. The average Bonchev–Trinajstić information content (AvgIpc) is 2.93. The van der Waals surface area contributed by atoms with Crippen molar-refractivity contribution in [1.82, 2.24) is 14.3 Å². The number of hydrogen-bond acceptors (Lipinski definition) is 4. The number of anilines is 1. The molecule has 8 heteroatoms. The summed E-state index contributed by atoms with van der Waals surface area (Å²) in [7, 11) is 3.56. The van der Waals surface area contributed by atoms with Gasteiger partial charge in [-0.2, -0.15) is 0 Å². The Morgan fingerprint density at radius 2 is 1.90 bits per heavy atom. The molecule has 2 amide bonds. The summed E-state index contributed by atoms with van der Waals surface area (Å²) in [5, 5.41) is 2.30. The minimum absolute atomic E-state index is 0.00502. The van der Waals surface area contributed by atoms with E-state index < -0.39 is 5.25 Å². The summed E-state index contributed by atoms with van der Waals surface area (Å²) in [5.41, 5.74) is 1.38. The largest absolute Gasteiger partial charge is 0.345 e. The van der Waals surface area contributed by atoms with E-state index in [2.05, 4.69) is 12.2 Å². The van der Waals surface area contributed by atoms with Crippen molar-refractivity contribution in [3.05, 3.63) is 46.4 Å². The third-order valence-corrected chi connectivity index (χ3v) is 6.03. The van der Waals surface area contributed by atoms with Crippen LogP contribution in [0, 0.1) is 6.92 Å². The molecule has 0 fully saturated rings. The standard InChI is InChI=1S/C21H30N4O3S/c1-6-7-13-23(4)18(26)14-29-16(3)20(27)22-19-15(2)24(5)25(21(19)28)17-11-9-8-10-12-17/h8-12,16H,6-7,13-14H2,1-5H3,(H,22,27). The van der Waals surface area contributed by atoms with Gasteiger partial charge in [0.2, 0.25) is 11.8 Å². The lowest BCUT2D eigenvalue weighted by Gasteiger charge is -2.17. The quantitative estimate of drug-likeness (QED) is 0.679. The van der Waals surface area contributed by atoms with E-state index in [4.69, 9.17) is 0 Å². The van der Waals surface area contributed by atoms with Crippen LogP contribution in [0.1, 0.15) is 32.4 Å². The number of aromatic nitrogens is 2. The molecule has 0 spiro atoms. The van der Waals surface area contributed by atoms with Gasteiger partial charge in [-0.15, -0.1) is 11.8 Å². The van der Waals surface area contributed by atoms with E-state index in [1.165, 1.54) is 16.4 Å². The number of hydrogen-bond donors (Lipinski definition) is 1. The number of amides is 2. The molecule has 1 atom stereocenters. The van der Waals surface area contributed by atoms with Crippen LogP contribution in [0.15, 0.2) is 35.1 Å². The minimum Gasteiger partial charge on any atom is -0.345 e. The van der Waals surface area contributed by atoms with Crippen LogP contribution in [-0.2, 0) is 16.6 Å². The molecule has 0 radical (unpaired) electrons. The van der Waals surface area contributed by atoms with Crippen molar-refractivity contribution in [2.45, 2.75) is 38.9 Å². The first-order valence-electron chi connectivity index (χ1n) is 9.78. The fourth-order valence-electron chi connectivity index (χ4n) is 2.84. The molecule has 0 bridgehead atoms. The summed E-state index contributed by atoms with van der Waals surface area (Å²) in [6.45, 7) is 6.34. The Kier molecular flexibility index (Phi) is 8.13. The second-order valence-electron chi connectivity index (χ2n) is 7.05. The fraction of sp³-hybridized carbons (Fsp3) is 0.476. The molecule has 1 heterocycles. The third kappa shape index (κ3) is 5.53. The van der Waals surface area contributed by atoms with Crippen LogP contribution in [0.4, 0.5) is 5.69 Å². The summed E-state index contributed by atoms with van der Waals surface area (Å²) >= 11 is 1.27. The molecule has 1 aromatic carbocycles. The molecule has 7 nitrogen and oxygen atoms in total. The van der Waals surface area contributed by atoms with E-state index in [0.717, 1.165) is 25.1 Å². The Bertz CT molecular complexity index is 905. The highest BCUT2D eigenvalue weighted by atomic mass is 32.2. The van der Waals surface area contributed by atoms with Crippen LogP contribution in [0.25, 0.3) is 5.69 Å². The van der Waals surface area contributed by atoms with Crippen molar-refractivity contribution in [3.8, 4) is 5.69 Å². The number of nitrogens with one attached hydrogen (secondary N) is 1. The first-order valence-corrected chi connectivity index (χ1v) is 10.8. The SMILES string of the molecule is CCCCN(C)C(=O)CSC(C)C(=O)Nc1c(C)n(C)n(-c2ccccc2)c1=O. The minimum atomic E-state index is -0.456. The van der Waals surface area contributed by atoms with Gasteiger partial charge >= 0.3 is 0 Å². The van der Waals surface area contributed by atoms with Gasteiger partial charge in [-0.25, -0.2) is 4.68 Å². The maximum Gasteiger partial charge on any atom is 0.295 e. The molecule has 1 unspecified atom stereocenters. The molecule has 0 saturated heterocycles. The van der Waals surface area contributed by atoms with Gasteiger partial charge in [-0.05, 0) is 32.4 Å². The van der Waals surface area contributed by atoms with Crippen LogP contribution in [0.5, 0.6) is 0 Å². The van der Waals surface area contributed by atoms with Crippen molar-refractivity contribution in [2.75, 3.05) is 24.7 Å². The molecule has 0 aliphatic rings. The molecule has 1 aromatic heterocycles. The zero-order chi connectivity index (χ0) is 21.6. The lowest BCUT2D eigenvalue weighted by Crippen LogP contribution is -2.32.